The van der Waals surface area contributed by atoms with E-state index in [1.54, 1.807) is 18.7 Å². The van der Waals surface area contributed by atoms with Crippen LogP contribution in [-0.4, -0.2) is 43.1 Å². The lowest BCUT2D eigenvalue weighted by Crippen LogP contribution is -2.57. The SMILES string of the molecule is CC.CCOC(=O)C[C@](O)(CC)[C@]1(CC)SCCC[S@@]1=O. The first-order valence-corrected chi connectivity index (χ1v) is 10.2. The van der Waals surface area contributed by atoms with Crippen LogP contribution in [0.4, 0.5) is 0 Å². The lowest BCUT2D eigenvalue weighted by molar-refractivity contribution is -0.149. The molecular weight excluding hydrogens is 308 g/mol. The summed E-state index contributed by atoms with van der Waals surface area (Å²) < 4.78 is 16.7. The number of rotatable bonds is 6. The van der Waals surface area contributed by atoms with E-state index in [4.69, 9.17) is 4.74 Å². The monoisotopic (exact) mass is 338 g/mol. The molecule has 126 valence electrons. The molecule has 0 unspecified atom stereocenters. The highest BCUT2D eigenvalue weighted by Crippen LogP contribution is 2.48. The Labute approximate surface area is 135 Å². The molecule has 0 bridgehead atoms. The Kier molecular flexibility index (Phi) is 9.81. The molecule has 21 heavy (non-hydrogen) atoms. The van der Waals surface area contributed by atoms with Crippen molar-refractivity contribution < 1.29 is 18.8 Å². The Bertz CT molecular complexity index is 349. The molecule has 1 saturated heterocycles. The standard InChI is InChI=1S/C13H24O4S2.C2H6/c1-4-12(15,10-11(14)17-6-3)13(5-2)18-8-7-9-19(13)16;1-2/h15H,4-10H2,1-3H3;1-2H3/t12-,13-,19+;/m1./s1. The Hall–Kier alpha value is -0.0700. The van der Waals surface area contributed by atoms with Crippen molar-refractivity contribution in [3.05, 3.63) is 0 Å². The Morgan fingerprint density at radius 2 is 2.00 bits per heavy atom. The minimum absolute atomic E-state index is 0.0794. The number of esters is 1. The molecule has 0 saturated carbocycles. The topological polar surface area (TPSA) is 63.6 Å². The van der Waals surface area contributed by atoms with Gasteiger partial charge in [-0.3, -0.25) is 9.00 Å². The van der Waals surface area contributed by atoms with E-state index in [2.05, 4.69) is 0 Å². The third kappa shape index (κ3) is 4.70. The zero-order valence-corrected chi connectivity index (χ0v) is 15.6. The summed E-state index contributed by atoms with van der Waals surface area (Å²) in [5.74, 6) is 1.07. The molecule has 0 aromatic heterocycles. The van der Waals surface area contributed by atoms with Crippen LogP contribution in [0.1, 0.15) is 60.3 Å². The number of hydrogen-bond acceptors (Lipinski definition) is 5. The summed E-state index contributed by atoms with van der Waals surface area (Å²) in [6, 6.07) is 0. The summed E-state index contributed by atoms with van der Waals surface area (Å²) in [5, 5.41) is 10.9. The van der Waals surface area contributed by atoms with Crippen molar-refractivity contribution in [2.75, 3.05) is 18.1 Å². The molecular formula is C15H30O4S2. The van der Waals surface area contributed by atoms with Gasteiger partial charge >= 0.3 is 5.97 Å². The first kappa shape index (κ1) is 20.9. The van der Waals surface area contributed by atoms with Crippen molar-refractivity contribution in [2.45, 2.75) is 70.0 Å². The van der Waals surface area contributed by atoms with E-state index in [9.17, 15) is 14.1 Å². The predicted octanol–water partition coefficient (Wildman–Crippen LogP) is 3.10. The molecule has 1 aliphatic heterocycles. The zero-order chi connectivity index (χ0) is 16.5. The molecule has 0 radical (unpaired) electrons. The van der Waals surface area contributed by atoms with Crippen molar-refractivity contribution in [3.63, 3.8) is 0 Å². The highest BCUT2D eigenvalue weighted by atomic mass is 32.2. The van der Waals surface area contributed by atoms with Gasteiger partial charge < -0.3 is 9.84 Å². The van der Waals surface area contributed by atoms with Crippen LogP contribution in [0.3, 0.4) is 0 Å². The normalized spacial score (nSPS) is 28.0. The third-order valence-corrected chi connectivity index (χ3v) is 8.28. The maximum atomic E-state index is 12.5. The van der Waals surface area contributed by atoms with E-state index < -0.39 is 26.4 Å². The molecule has 1 N–H and O–H groups in total. The predicted molar refractivity (Wildman–Crippen MR) is 90.9 cm³/mol. The van der Waals surface area contributed by atoms with Gasteiger partial charge in [-0.25, -0.2) is 0 Å². The fraction of sp³-hybridized carbons (Fsp3) is 0.933. The largest absolute Gasteiger partial charge is 0.466 e. The van der Waals surface area contributed by atoms with Crippen molar-refractivity contribution in [1.29, 1.82) is 0 Å². The molecule has 1 heterocycles. The molecule has 4 nitrogen and oxygen atoms in total. The van der Waals surface area contributed by atoms with Gasteiger partial charge in [0.25, 0.3) is 0 Å². The zero-order valence-electron chi connectivity index (χ0n) is 13.9. The molecule has 1 fully saturated rings. The molecule has 0 aromatic carbocycles. The van der Waals surface area contributed by atoms with Gasteiger partial charge in [0.2, 0.25) is 0 Å². The van der Waals surface area contributed by atoms with Crippen LogP contribution in [0.2, 0.25) is 0 Å². The summed E-state index contributed by atoms with van der Waals surface area (Å²) in [6.45, 7) is 9.81. The van der Waals surface area contributed by atoms with Gasteiger partial charge in [-0.2, -0.15) is 0 Å². The summed E-state index contributed by atoms with van der Waals surface area (Å²) in [5.41, 5.74) is -1.26. The maximum Gasteiger partial charge on any atom is 0.308 e. The quantitative estimate of drug-likeness (QED) is 0.754. The number of thioether (sulfide) groups is 1. The molecule has 0 spiro atoms. The van der Waals surface area contributed by atoms with E-state index >= 15 is 0 Å². The third-order valence-electron chi connectivity index (χ3n) is 3.68. The first-order valence-electron chi connectivity index (χ1n) is 7.86. The van der Waals surface area contributed by atoms with E-state index in [1.807, 2.05) is 27.7 Å². The van der Waals surface area contributed by atoms with Crippen molar-refractivity contribution >= 4 is 28.5 Å². The van der Waals surface area contributed by atoms with Crippen LogP contribution < -0.4 is 0 Å². The van der Waals surface area contributed by atoms with Crippen molar-refractivity contribution in [2.24, 2.45) is 0 Å². The first-order chi connectivity index (χ1) is 9.95. The van der Waals surface area contributed by atoms with Crippen LogP contribution in [0, 0.1) is 0 Å². The summed E-state index contributed by atoms with van der Waals surface area (Å²) >= 11 is 1.55. The van der Waals surface area contributed by atoms with Crippen LogP contribution in [0.5, 0.6) is 0 Å². The number of aliphatic hydroxyl groups is 1. The molecule has 0 amide bonds. The van der Waals surface area contributed by atoms with Gasteiger partial charge in [-0.15, -0.1) is 11.8 Å². The number of carbonyl (C=O) groups is 1. The lowest BCUT2D eigenvalue weighted by Gasteiger charge is -2.46. The Morgan fingerprint density at radius 3 is 2.43 bits per heavy atom. The van der Waals surface area contributed by atoms with Crippen molar-refractivity contribution in [1.82, 2.24) is 0 Å². The second-order valence-electron chi connectivity index (χ2n) is 4.73. The van der Waals surface area contributed by atoms with Gasteiger partial charge in [0.05, 0.1) is 13.0 Å². The Balaban J connectivity index is 0.00000191. The van der Waals surface area contributed by atoms with Gasteiger partial charge in [-0.1, -0.05) is 27.7 Å². The van der Waals surface area contributed by atoms with Gasteiger partial charge in [0.15, 0.2) is 0 Å². The number of hydrogen-bond donors (Lipinski definition) is 1. The van der Waals surface area contributed by atoms with Crippen LogP contribution in [-0.2, 0) is 20.3 Å². The molecule has 3 atom stereocenters. The smallest absolute Gasteiger partial charge is 0.308 e. The summed E-state index contributed by atoms with van der Waals surface area (Å²) in [4.78, 5) is 11.7. The van der Waals surface area contributed by atoms with E-state index in [0.717, 1.165) is 12.2 Å². The fourth-order valence-electron chi connectivity index (χ4n) is 2.58. The average molecular weight is 339 g/mol. The molecule has 1 aliphatic rings. The highest BCUT2D eigenvalue weighted by molar-refractivity contribution is 8.13. The second-order valence-corrected chi connectivity index (χ2v) is 8.17. The Morgan fingerprint density at radius 1 is 1.38 bits per heavy atom. The summed E-state index contributed by atoms with van der Waals surface area (Å²) in [7, 11) is -1.12. The maximum absolute atomic E-state index is 12.5. The van der Waals surface area contributed by atoms with E-state index in [-0.39, 0.29) is 6.42 Å². The average Bonchev–Trinajstić information content (AvgIpc) is 2.50. The highest BCUT2D eigenvalue weighted by Gasteiger charge is 2.55. The van der Waals surface area contributed by atoms with Crippen LogP contribution in [0.25, 0.3) is 0 Å². The van der Waals surface area contributed by atoms with Crippen LogP contribution in [0.15, 0.2) is 0 Å². The molecule has 6 heteroatoms. The van der Waals surface area contributed by atoms with Crippen molar-refractivity contribution in [3.8, 4) is 0 Å². The summed E-state index contributed by atoms with van der Waals surface area (Å²) in [6.07, 6.45) is 1.81. The minimum atomic E-state index is -1.26. The molecule has 0 aliphatic carbocycles. The minimum Gasteiger partial charge on any atom is -0.466 e. The van der Waals surface area contributed by atoms with Gasteiger partial charge in [0, 0.05) is 16.6 Å². The van der Waals surface area contributed by atoms with Crippen LogP contribution >= 0.6 is 11.8 Å². The second kappa shape index (κ2) is 9.85. The molecule has 1 rings (SSSR count). The van der Waals surface area contributed by atoms with Gasteiger partial charge in [-0.05, 0) is 31.9 Å². The number of carbonyl (C=O) groups excluding carboxylic acids is 1. The fourth-order valence-corrected chi connectivity index (χ4v) is 6.79. The molecule has 0 aromatic rings. The number of ether oxygens (including phenoxy) is 1. The van der Waals surface area contributed by atoms with E-state index in [0.29, 0.717) is 25.2 Å². The lowest BCUT2D eigenvalue weighted by atomic mass is 9.90. The van der Waals surface area contributed by atoms with E-state index in [1.165, 1.54) is 0 Å². The van der Waals surface area contributed by atoms with Gasteiger partial charge in [0.1, 0.15) is 9.68 Å².